The van der Waals surface area contributed by atoms with Crippen LogP contribution in [0.4, 0.5) is 11.5 Å². The predicted octanol–water partition coefficient (Wildman–Crippen LogP) is 1.99. The van der Waals surface area contributed by atoms with Gasteiger partial charge >= 0.3 is 0 Å². The number of hydrogen-bond acceptors (Lipinski definition) is 7. The Kier molecular flexibility index (Phi) is 6.44. The Bertz CT molecular complexity index is 863. The lowest BCUT2D eigenvalue weighted by Crippen LogP contribution is -2.38. The number of carbonyl (C=O) groups excluding carboxylic acids is 1. The molecular weight excluding hydrogens is 380 g/mol. The molecule has 160 valence electrons. The van der Waals surface area contributed by atoms with Gasteiger partial charge in [0, 0.05) is 50.3 Å². The third kappa shape index (κ3) is 4.71. The second-order valence-electron chi connectivity index (χ2n) is 7.89. The molecule has 1 fully saturated rings. The van der Waals surface area contributed by atoms with E-state index >= 15 is 0 Å². The maximum atomic E-state index is 12.5. The van der Waals surface area contributed by atoms with Crippen LogP contribution in [0.15, 0.2) is 24.3 Å². The molecule has 8 nitrogen and oxygen atoms in total. The molecule has 2 aromatic rings. The minimum Gasteiger partial charge on any atom is -0.497 e. The number of carbonyl (C=O) groups is 1. The zero-order chi connectivity index (χ0) is 20.9. The van der Waals surface area contributed by atoms with E-state index in [9.17, 15) is 4.79 Å². The summed E-state index contributed by atoms with van der Waals surface area (Å²) in [6.07, 6.45) is 3.12. The van der Waals surface area contributed by atoms with Gasteiger partial charge in [0.05, 0.1) is 19.3 Å². The molecule has 0 radical (unpaired) electrons. The highest BCUT2D eigenvalue weighted by molar-refractivity contribution is 5.92. The van der Waals surface area contributed by atoms with Crippen molar-refractivity contribution < 1.29 is 9.53 Å². The summed E-state index contributed by atoms with van der Waals surface area (Å²) in [5.74, 6) is 2.95. The number of rotatable bonds is 6. The van der Waals surface area contributed by atoms with Gasteiger partial charge in [-0.05, 0) is 43.7 Å². The van der Waals surface area contributed by atoms with Crippen molar-refractivity contribution in [1.82, 2.24) is 20.2 Å². The molecule has 1 aromatic heterocycles. The summed E-state index contributed by atoms with van der Waals surface area (Å²) < 4.78 is 5.16. The molecule has 0 spiro atoms. The van der Waals surface area contributed by atoms with Crippen LogP contribution in [-0.4, -0.2) is 61.1 Å². The summed E-state index contributed by atoms with van der Waals surface area (Å²) in [6, 6.07) is 7.36. The van der Waals surface area contributed by atoms with Gasteiger partial charge in [-0.3, -0.25) is 9.69 Å². The monoisotopic (exact) mass is 410 g/mol. The van der Waals surface area contributed by atoms with E-state index in [2.05, 4.69) is 20.9 Å². The van der Waals surface area contributed by atoms with E-state index in [0.29, 0.717) is 19.0 Å². The van der Waals surface area contributed by atoms with Crippen LogP contribution in [0.25, 0.3) is 0 Å². The van der Waals surface area contributed by atoms with Gasteiger partial charge in [0.15, 0.2) is 0 Å². The Hall–Kier alpha value is -2.71. The second kappa shape index (κ2) is 9.40. The summed E-state index contributed by atoms with van der Waals surface area (Å²) in [4.78, 5) is 24.4. The average molecular weight is 411 g/mol. The van der Waals surface area contributed by atoms with Gasteiger partial charge in [-0.1, -0.05) is 0 Å². The van der Waals surface area contributed by atoms with Gasteiger partial charge in [-0.15, -0.1) is 0 Å². The third-order valence-corrected chi connectivity index (χ3v) is 5.80. The van der Waals surface area contributed by atoms with Crippen LogP contribution in [0, 0.1) is 0 Å². The largest absolute Gasteiger partial charge is 0.497 e. The summed E-state index contributed by atoms with van der Waals surface area (Å²) >= 11 is 0. The van der Waals surface area contributed by atoms with Crippen molar-refractivity contribution in [2.24, 2.45) is 0 Å². The van der Waals surface area contributed by atoms with Crippen LogP contribution in [-0.2, 0) is 17.8 Å². The molecule has 2 aliphatic heterocycles. The van der Waals surface area contributed by atoms with Gasteiger partial charge in [-0.25, -0.2) is 9.97 Å². The van der Waals surface area contributed by atoms with Crippen LogP contribution in [0.2, 0.25) is 0 Å². The number of methoxy groups -OCH3 is 1. The maximum Gasteiger partial charge on any atom is 0.238 e. The quantitative estimate of drug-likeness (QED) is 0.671. The van der Waals surface area contributed by atoms with Gasteiger partial charge in [-0.2, -0.15) is 0 Å². The van der Waals surface area contributed by atoms with E-state index in [1.165, 1.54) is 0 Å². The van der Waals surface area contributed by atoms with Gasteiger partial charge < -0.3 is 20.7 Å². The fraction of sp³-hybridized carbons (Fsp3) is 0.500. The molecule has 1 saturated heterocycles. The van der Waals surface area contributed by atoms with Crippen molar-refractivity contribution in [3.8, 4) is 5.75 Å². The van der Waals surface area contributed by atoms with Gasteiger partial charge in [0.2, 0.25) is 5.91 Å². The minimum absolute atomic E-state index is 0.0274. The van der Waals surface area contributed by atoms with Crippen molar-refractivity contribution >= 4 is 17.4 Å². The highest BCUT2D eigenvalue weighted by Crippen LogP contribution is 2.28. The Morgan fingerprint density at radius 3 is 2.83 bits per heavy atom. The minimum atomic E-state index is -0.0274. The Labute approximate surface area is 177 Å². The number of amides is 1. The van der Waals surface area contributed by atoms with Crippen LogP contribution in [0.1, 0.15) is 35.8 Å². The Balaban J connectivity index is 1.41. The SMILES string of the molecule is CNc1nc([C@H]2CCCNC2)nc2c1CN(CC(=O)Nc1ccc(OC)cc1)CC2. The third-order valence-electron chi connectivity index (χ3n) is 5.80. The fourth-order valence-corrected chi connectivity index (χ4v) is 4.16. The Morgan fingerprint density at radius 2 is 2.13 bits per heavy atom. The first kappa shape index (κ1) is 20.6. The standard InChI is InChI=1S/C22H30N6O2/c1-23-22-18-13-28(14-20(29)25-16-5-7-17(30-2)8-6-16)11-9-19(18)26-21(27-22)15-4-3-10-24-12-15/h5-8,15,24H,3-4,9-14H2,1-2H3,(H,25,29)(H,23,26,27)/t15-/m0/s1. The van der Waals surface area contributed by atoms with Crippen molar-refractivity contribution in [2.45, 2.75) is 31.7 Å². The molecule has 4 rings (SSSR count). The summed E-state index contributed by atoms with van der Waals surface area (Å²) in [7, 11) is 3.53. The van der Waals surface area contributed by atoms with Gasteiger partial charge in [0.25, 0.3) is 0 Å². The van der Waals surface area contributed by atoms with Crippen LogP contribution in [0.3, 0.4) is 0 Å². The van der Waals surface area contributed by atoms with E-state index in [1.54, 1.807) is 7.11 Å². The lowest BCUT2D eigenvalue weighted by Gasteiger charge is -2.30. The zero-order valence-electron chi connectivity index (χ0n) is 17.7. The van der Waals surface area contributed by atoms with Gasteiger partial charge in [0.1, 0.15) is 17.4 Å². The molecule has 0 bridgehead atoms. The first-order valence-corrected chi connectivity index (χ1v) is 10.6. The van der Waals surface area contributed by atoms with Crippen molar-refractivity contribution in [1.29, 1.82) is 0 Å². The molecule has 0 saturated carbocycles. The lowest BCUT2D eigenvalue weighted by molar-refractivity contribution is -0.117. The lowest BCUT2D eigenvalue weighted by atomic mass is 9.97. The molecule has 0 unspecified atom stereocenters. The number of nitrogens with zero attached hydrogens (tertiary/aromatic N) is 3. The molecule has 30 heavy (non-hydrogen) atoms. The maximum absolute atomic E-state index is 12.5. The molecule has 2 aliphatic rings. The molecule has 0 aliphatic carbocycles. The average Bonchev–Trinajstić information content (AvgIpc) is 2.79. The number of benzene rings is 1. The number of fused-ring (bicyclic) bond motifs is 1. The normalized spacial score (nSPS) is 19.1. The number of ether oxygens (including phenoxy) is 1. The number of aromatic nitrogens is 2. The second-order valence-corrected chi connectivity index (χ2v) is 7.89. The van der Waals surface area contributed by atoms with Crippen molar-refractivity contribution in [3.63, 3.8) is 0 Å². The van der Waals surface area contributed by atoms with E-state index in [-0.39, 0.29) is 5.91 Å². The fourth-order valence-electron chi connectivity index (χ4n) is 4.16. The van der Waals surface area contributed by atoms with Crippen molar-refractivity contribution in [2.75, 3.05) is 51.0 Å². The summed E-state index contributed by atoms with van der Waals surface area (Å²) in [5, 5.41) is 9.65. The number of nitrogens with one attached hydrogen (secondary N) is 3. The molecule has 8 heteroatoms. The Morgan fingerprint density at radius 1 is 1.30 bits per heavy atom. The summed E-state index contributed by atoms with van der Waals surface area (Å²) in [6.45, 7) is 3.84. The molecule has 1 aromatic carbocycles. The van der Waals surface area contributed by atoms with Crippen LogP contribution in [0.5, 0.6) is 5.75 Å². The highest BCUT2D eigenvalue weighted by atomic mass is 16.5. The van der Waals surface area contributed by atoms with Crippen LogP contribution < -0.4 is 20.7 Å². The molecular formula is C22H30N6O2. The summed E-state index contributed by atoms with van der Waals surface area (Å²) in [5.41, 5.74) is 2.98. The zero-order valence-corrected chi connectivity index (χ0v) is 17.7. The number of anilines is 2. The molecule has 3 N–H and O–H groups in total. The van der Waals surface area contributed by atoms with Crippen molar-refractivity contribution in [3.05, 3.63) is 41.3 Å². The number of hydrogen-bond donors (Lipinski definition) is 3. The van der Waals surface area contributed by atoms with E-state index in [0.717, 1.165) is 73.2 Å². The molecule has 3 heterocycles. The molecule has 1 amide bonds. The van der Waals surface area contributed by atoms with E-state index in [1.807, 2.05) is 31.3 Å². The first-order chi connectivity index (χ1) is 14.7. The topological polar surface area (TPSA) is 91.4 Å². The smallest absolute Gasteiger partial charge is 0.238 e. The van der Waals surface area contributed by atoms with E-state index < -0.39 is 0 Å². The van der Waals surface area contributed by atoms with E-state index in [4.69, 9.17) is 14.7 Å². The number of piperidine rings is 1. The highest BCUT2D eigenvalue weighted by Gasteiger charge is 2.26. The molecule has 1 atom stereocenters. The predicted molar refractivity (Wildman–Crippen MR) is 117 cm³/mol. The van der Waals surface area contributed by atoms with Crippen LogP contribution >= 0.6 is 0 Å². The first-order valence-electron chi connectivity index (χ1n) is 10.6.